The van der Waals surface area contributed by atoms with E-state index in [1.807, 2.05) is 19.1 Å². The maximum absolute atomic E-state index is 16.2. The Kier molecular flexibility index (Phi) is 6.28. The fourth-order valence-corrected chi connectivity index (χ4v) is 8.19. The van der Waals surface area contributed by atoms with E-state index in [0.29, 0.717) is 57.6 Å². The number of amides is 1. The number of aromatic nitrogens is 2. The molecule has 4 aliphatic rings. The highest BCUT2D eigenvalue weighted by atomic mass is 35.5. The van der Waals surface area contributed by atoms with Crippen molar-refractivity contribution in [3.8, 4) is 5.88 Å². The van der Waals surface area contributed by atoms with Crippen LogP contribution in [0.5, 0.6) is 5.88 Å². The van der Waals surface area contributed by atoms with E-state index in [2.05, 4.69) is 10.2 Å². The fourth-order valence-electron chi connectivity index (χ4n) is 7.84. The van der Waals surface area contributed by atoms with Gasteiger partial charge in [-0.2, -0.15) is 5.10 Å². The number of esters is 1. The molecular formula is C33H29Cl2FN4O4. The molecule has 1 spiro atoms. The lowest BCUT2D eigenvalue weighted by atomic mass is 9.71. The Labute approximate surface area is 263 Å². The van der Waals surface area contributed by atoms with Crippen molar-refractivity contribution in [1.29, 1.82) is 0 Å². The van der Waals surface area contributed by atoms with E-state index in [4.69, 9.17) is 37.8 Å². The maximum atomic E-state index is 16.2. The topological polar surface area (TPSA) is 85.7 Å². The average Bonchev–Trinajstić information content (AvgIpc) is 3.67. The molecule has 2 fully saturated rings. The molecule has 0 radical (unpaired) electrons. The van der Waals surface area contributed by atoms with Gasteiger partial charge in [-0.15, -0.1) is 0 Å². The first-order valence-corrected chi connectivity index (χ1v) is 15.5. The van der Waals surface area contributed by atoms with Crippen molar-refractivity contribution >= 4 is 51.7 Å². The van der Waals surface area contributed by atoms with Gasteiger partial charge >= 0.3 is 5.97 Å². The van der Waals surface area contributed by atoms with Gasteiger partial charge in [-0.1, -0.05) is 41.4 Å². The van der Waals surface area contributed by atoms with E-state index in [0.717, 1.165) is 24.0 Å². The van der Waals surface area contributed by atoms with Crippen LogP contribution in [-0.2, 0) is 21.6 Å². The third kappa shape index (κ3) is 3.88. The summed E-state index contributed by atoms with van der Waals surface area (Å²) >= 11 is 12.8. The lowest BCUT2D eigenvalue weighted by Gasteiger charge is -2.40. The number of nitrogens with zero attached hydrogens (tertiary/aromatic N) is 3. The van der Waals surface area contributed by atoms with Gasteiger partial charge in [0, 0.05) is 41.2 Å². The Morgan fingerprint density at radius 3 is 2.80 bits per heavy atom. The quantitative estimate of drug-likeness (QED) is 0.265. The van der Waals surface area contributed by atoms with E-state index >= 15 is 4.39 Å². The van der Waals surface area contributed by atoms with E-state index < -0.39 is 23.2 Å². The van der Waals surface area contributed by atoms with Crippen LogP contribution in [-0.4, -0.2) is 52.9 Å². The number of fused-ring (bicyclic) bond motifs is 6. The second-order valence-electron chi connectivity index (χ2n) is 12.3. The van der Waals surface area contributed by atoms with E-state index in [-0.39, 0.29) is 29.5 Å². The summed E-state index contributed by atoms with van der Waals surface area (Å²) in [4.78, 5) is 29.3. The molecule has 1 saturated carbocycles. The number of halogens is 3. The van der Waals surface area contributed by atoms with Crippen LogP contribution in [0.25, 0.3) is 10.9 Å². The summed E-state index contributed by atoms with van der Waals surface area (Å²) in [7, 11) is 1.35. The van der Waals surface area contributed by atoms with Crippen LogP contribution in [0.2, 0.25) is 10.0 Å². The highest BCUT2D eigenvalue weighted by Gasteiger charge is 2.68. The Hall–Kier alpha value is -3.66. The Morgan fingerprint density at radius 2 is 2.02 bits per heavy atom. The molecule has 4 atom stereocenters. The number of aryl methyl sites for hydroxylation is 1. The van der Waals surface area contributed by atoms with Crippen LogP contribution >= 0.6 is 23.2 Å². The number of rotatable bonds is 4. The summed E-state index contributed by atoms with van der Waals surface area (Å²) in [5.41, 5.74) is 2.42. The number of hydrogen-bond donors (Lipinski definition) is 1. The highest BCUT2D eigenvalue weighted by Crippen LogP contribution is 2.61. The summed E-state index contributed by atoms with van der Waals surface area (Å²) < 4.78 is 29.6. The second kappa shape index (κ2) is 9.92. The molecule has 8 nitrogen and oxygen atoms in total. The first kappa shape index (κ1) is 27.9. The van der Waals surface area contributed by atoms with Gasteiger partial charge < -0.3 is 14.8 Å². The molecule has 1 saturated heterocycles. The van der Waals surface area contributed by atoms with E-state index in [9.17, 15) is 9.59 Å². The maximum Gasteiger partial charge on any atom is 0.338 e. The van der Waals surface area contributed by atoms with Crippen molar-refractivity contribution in [3.63, 3.8) is 0 Å². The minimum atomic E-state index is -1.22. The molecule has 8 rings (SSSR count). The number of carbonyl (C=O) groups is 2. The normalized spacial score (nSPS) is 25.8. The third-order valence-electron chi connectivity index (χ3n) is 9.90. The number of likely N-dealkylation sites (tertiary alicyclic amines) is 1. The predicted octanol–water partition coefficient (Wildman–Crippen LogP) is 6.31. The molecule has 1 N–H and O–H groups in total. The molecule has 1 aliphatic carbocycles. The van der Waals surface area contributed by atoms with Crippen LogP contribution in [0.1, 0.15) is 45.8 Å². The van der Waals surface area contributed by atoms with E-state index in [1.165, 1.54) is 13.2 Å². The lowest BCUT2D eigenvalue weighted by molar-refractivity contribution is -0.128. The number of anilines is 1. The zero-order chi connectivity index (χ0) is 30.5. The van der Waals surface area contributed by atoms with Gasteiger partial charge in [0.2, 0.25) is 11.8 Å². The molecule has 3 aromatic carbocycles. The van der Waals surface area contributed by atoms with Crippen molar-refractivity contribution in [2.24, 2.45) is 11.8 Å². The van der Waals surface area contributed by atoms with Crippen LogP contribution in [0, 0.1) is 24.6 Å². The Morgan fingerprint density at radius 1 is 1.20 bits per heavy atom. The molecule has 3 aliphatic heterocycles. The first-order valence-electron chi connectivity index (χ1n) is 14.8. The van der Waals surface area contributed by atoms with Crippen molar-refractivity contribution in [1.82, 2.24) is 14.7 Å². The molecule has 0 unspecified atom stereocenters. The molecule has 1 amide bonds. The molecule has 4 heterocycles. The van der Waals surface area contributed by atoms with Gasteiger partial charge in [0.1, 0.15) is 18.0 Å². The average molecular weight is 636 g/mol. The van der Waals surface area contributed by atoms with Crippen molar-refractivity contribution < 1.29 is 23.5 Å². The van der Waals surface area contributed by atoms with Crippen LogP contribution in [0.3, 0.4) is 0 Å². The fraction of sp³-hybridized carbons (Fsp3) is 0.364. The molecule has 11 heteroatoms. The first-order chi connectivity index (χ1) is 21.2. The van der Waals surface area contributed by atoms with Crippen LogP contribution in [0.15, 0.2) is 48.5 Å². The van der Waals surface area contributed by atoms with Gasteiger partial charge in [-0.3, -0.25) is 9.69 Å². The van der Waals surface area contributed by atoms with Crippen molar-refractivity contribution in [2.45, 2.75) is 43.8 Å². The summed E-state index contributed by atoms with van der Waals surface area (Å²) in [6.45, 7) is 3.10. The number of nitrogens with one attached hydrogen (secondary N) is 1. The zero-order valence-electron chi connectivity index (χ0n) is 24.1. The molecule has 0 bridgehead atoms. The molecule has 4 aromatic rings. The summed E-state index contributed by atoms with van der Waals surface area (Å²) in [5.74, 6) is -1.13. The smallest absolute Gasteiger partial charge is 0.338 e. The number of hydrogen-bond acceptors (Lipinski definition) is 6. The Balaban J connectivity index is 1.35. The van der Waals surface area contributed by atoms with Crippen molar-refractivity contribution in [3.05, 3.63) is 86.6 Å². The van der Waals surface area contributed by atoms with Gasteiger partial charge in [-0.05, 0) is 67.1 Å². The summed E-state index contributed by atoms with van der Waals surface area (Å²) in [5, 5.41) is 9.20. The number of ether oxygens (including phenoxy) is 2. The second-order valence-corrected chi connectivity index (χ2v) is 13.2. The predicted molar refractivity (Wildman–Crippen MR) is 164 cm³/mol. The summed E-state index contributed by atoms with van der Waals surface area (Å²) in [6.07, 6.45) is 2.13. The minimum Gasteiger partial charge on any atom is -0.476 e. The number of benzene rings is 3. The molecule has 1 aromatic heterocycles. The third-order valence-corrected chi connectivity index (χ3v) is 10.4. The molecular weight excluding hydrogens is 606 g/mol. The minimum absolute atomic E-state index is 0.00535. The van der Waals surface area contributed by atoms with Crippen LogP contribution < -0.4 is 10.1 Å². The Bertz CT molecular complexity index is 1890. The van der Waals surface area contributed by atoms with Crippen LogP contribution in [0.4, 0.5) is 10.1 Å². The number of carbonyl (C=O) groups excluding carboxylic acids is 2. The lowest BCUT2D eigenvalue weighted by Crippen LogP contribution is -2.53. The monoisotopic (exact) mass is 634 g/mol. The van der Waals surface area contributed by atoms with Gasteiger partial charge in [0.15, 0.2) is 0 Å². The van der Waals surface area contributed by atoms with E-state index in [1.54, 1.807) is 35.0 Å². The molecule has 226 valence electrons. The van der Waals surface area contributed by atoms with Gasteiger partial charge in [-0.25, -0.2) is 13.9 Å². The van der Waals surface area contributed by atoms with Gasteiger partial charge in [0.25, 0.3) is 0 Å². The number of methoxy groups -OCH3 is 1. The van der Waals surface area contributed by atoms with Crippen molar-refractivity contribution in [2.75, 3.05) is 25.6 Å². The van der Waals surface area contributed by atoms with Gasteiger partial charge in [0.05, 0.1) is 34.6 Å². The SMILES string of the molecule is COC(=O)c1cc2c3n(nc2cc1C)C[C@@H]1[C@H](CO3)N(CC2CC2)[C@@]2(C(=O)Nc3cc(Cl)ccc32)[C@H]1c1cccc(Cl)c1F. The molecule has 44 heavy (non-hydrogen) atoms. The zero-order valence-corrected chi connectivity index (χ0v) is 25.6. The highest BCUT2D eigenvalue weighted by molar-refractivity contribution is 6.31. The standard InChI is InChI=1S/C33H29Cl2FN4O4/c1-16-10-25-21(12-20(16)31(41)43-2)30-40(38-25)14-22-27(15-44-30)39(13-17-6-7-17)33(28(22)19-4-3-5-24(35)29(19)36)23-9-8-18(34)11-26(23)37-32(33)42/h3-5,8-12,17,22,27-28H,6-7,13-15H2,1-2H3,(H,37,42)/t22-,27+,28+,33-/m1/s1. The largest absolute Gasteiger partial charge is 0.476 e. The summed E-state index contributed by atoms with van der Waals surface area (Å²) in [6, 6.07) is 13.8.